The highest BCUT2D eigenvalue weighted by Gasteiger charge is 2.11. The van der Waals surface area contributed by atoms with E-state index in [1.807, 2.05) is 6.07 Å². The lowest BCUT2D eigenvalue weighted by Crippen LogP contribution is -2.11. The molecule has 1 unspecified atom stereocenters. The van der Waals surface area contributed by atoms with E-state index in [1.165, 1.54) is 0 Å². The Kier molecular flexibility index (Phi) is 4.80. The molecule has 2 rings (SSSR count). The Morgan fingerprint density at radius 3 is 2.79 bits per heavy atom. The summed E-state index contributed by atoms with van der Waals surface area (Å²) in [5.74, 6) is 1.58. The predicted molar refractivity (Wildman–Crippen MR) is 76.3 cm³/mol. The third-order valence-electron chi connectivity index (χ3n) is 2.90. The van der Waals surface area contributed by atoms with Gasteiger partial charge in [-0.05, 0) is 37.1 Å². The molecule has 1 atom stereocenters. The summed E-state index contributed by atoms with van der Waals surface area (Å²) in [4.78, 5) is 4.34. The van der Waals surface area contributed by atoms with Crippen molar-refractivity contribution in [3.8, 4) is 11.4 Å². The molecule has 1 aromatic heterocycles. The lowest BCUT2D eigenvalue weighted by molar-refractivity contribution is 0.366. The van der Waals surface area contributed by atoms with Crippen molar-refractivity contribution in [3.05, 3.63) is 34.1 Å². The van der Waals surface area contributed by atoms with Crippen LogP contribution in [0.4, 0.5) is 0 Å². The zero-order valence-electron chi connectivity index (χ0n) is 10.6. The molecule has 0 radical (unpaired) electrons. The molecule has 2 N–H and O–H groups in total. The first kappa shape index (κ1) is 14.3. The van der Waals surface area contributed by atoms with E-state index in [0.717, 1.165) is 18.4 Å². The van der Waals surface area contributed by atoms with Crippen LogP contribution < -0.4 is 5.73 Å². The van der Waals surface area contributed by atoms with Crippen LogP contribution >= 0.6 is 23.2 Å². The minimum absolute atomic E-state index is 0.445. The molecule has 0 aliphatic carbocycles. The van der Waals surface area contributed by atoms with E-state index in [0.29, 0.717) is 34.2 Å². The summed E-state index contributed by atoms with van der Waals surface area (Å²) in [7, 11) is 0. The van der Waals surface area contributed by atoms with Gasteiger partial charge in [0.25, 0.3) is 0 Å². The number of rotatable bonds is 5. The Morgan fingerprint density at radius 1 is 1.32 bits per heavy atom. The van der Waals surface area contributed by atoms with Gasteiger partial charge >= 0.3 is 0 Å². The standard InChI is InChI=1S/C13H15Cl2N3O/c1-8(7-16)2-5-12-17-13(18-19-12)9-3-4-10(14)11(15)6-9/h3-4,6,8H,2,5,7,16H2,1H3. The Labute approximate surface area is 121 Å². The van der Waals surface area contributed by atoms with Crippen molar-refractivity contribution in [1.82, 2.24) is 10.1 Å². The second-order valence-electron chi connectivity index (χ2n) is 4.52. The second kappa shape index (κ2) is 6.37. The Hall–Kier alpha value is -1.10. The van der Waals surface area contributed by atoms with Gasteiger partial charge in [-0.3, -0.25) is 0 Å². The maximum absolute atomic E-state index is 5.96. The van der Waals surface area contributed by atoms with Crippen molar-refractivity contribution in [2.45, 2.75) is 19.8 Å². The van der Waals surface area contributed by atoms with Gasteiger partial charge in [0.2, 0.25) is 11.7 Å². The largest absolute Gasteiger partial charge is 0.339 e. The first-order valence-corrected chi connectivity index (χ1v) is 6.84. The quantitative estimate of drug-likeness (QED) is 0.916. The van der Waals surface area contributed by atoms with Gasteiger partial charge in [0.15, 0.2) is 0 Å². The molecule has 0 aliphatic rings. The molecular formula is C13H15Cl2N3O. The number of nitrogens with two attached hydrogens (primary N) is 1. The van der Waals surface area contributed by atoms with Crippen molar-refractivity contribution in [2.24, 2.45) is 11.7 Å². The van der Waals surface area contributed by atoms with E-state index in [2.05, 4.69) is 17.1 Å². The van der Waals surface area contributed by atoms with E-state index >= 15 is 0 Å². The number of benzene rings is 1. The normalized spacial score (nSPS) is 12.6. The monoisotopic (exact) mass is 299 g/mol. The van der Waals surface area contributed by atoms with Crippen molar-refractivity contribution >= 4 is 23.2 Å². The first-order valence-electron chi connectivity index (χ1n) is 6.08. The van der Waals surface area contributed by atoms with Crippen molar-refractivity contribution < 1.29 is 4.52 Å². The fourth-order valence-corrected chi connectivity index (χ4v) is 1.89. The summed E-state index contributed by atoms with van der Waals surface area (Å²) in [5, 5.41) is 4.92. The van der Waals surface area contributed by atoms with Gasteiger partial charge in [-0.2, -0.15) is 4.98 Å². The molecule has 102 valence electrons. The van der Waals surface area contributed by atoms with E-state index in [-0.39, 0.29) is 0 Å². The number of nitrogens with zero attached hydrogens (tertiary/aromatic N) is 2. The molecule has 0 bridgehead atoms. The average molecular weight is 300 g/mol. The minimum atomic E-state index is 0.445. The van der Waals surface area contributed by atoms with Crippen molar-refractivity contribution in [2.75, 3.05) is 6.54 Å². The van der Waals surface area contributed by atoms with E-state index < -0.39 is 0 Å². The van der Waals surface area contributed by atoms with Crippen LogP contribution in [0.15, 0.2) is 22.7 Å². The highest BCUT2D eigenvalue weighted by atomic mass is 35.5. The molecular weight excluding hydrogens is 285 g/mol. The van der Waals surface area contributed by atoms with Crippen molar-refractivity contribution in [3.63, 3.8) is 0 Å². The van der Waals surface area contributed by atoms with Gasteiger partial charge in [0.1, 0.15) is 0 Å². The summed E-state index contributed by atoms with van der Waals surface area (Å²) in [6, 6.07) is 5.25. The molecule has 1 heterocycles. The van der Waals surface area contributed by atoms with Crippen LogP contribution in [0.2, 0.25) is 10.0 Å². The molecule has 0 fully saturated rings. The molecule has 19 heavy (non-hydrogen) atoms. The zero-order valence-corrected chi connectivity index (χ0v) is 12.1. The summed E-state index contributed by atoms with van der Waals surface area (Å²) in [6.07, 6.45) is 1.66. The van der Waals surface area contributed by atoms with Gasteiger partial charge in [-0.25, -0.2) is 0 Å². The van der Waals surface area contributed by atoms with Crippen LogP contribution in [0, 0.1) is 5.92 Å². The predicted octanol–water partition coefficient (Wildman–Crippen LogP) is 3.57. The van der Waals surface area contributed by atoms with Crippen LogP contribution in [0.25, 0.3) is 11.4 Å². The molecule has 0 saturated heterocycles. The van der Waals surface area contributed by atoms with E-state index in [1.54, 1.807) is 12.1 Å². The zero-order chi connectivity index (χ0) is 13.8. The Balaban J connectivity index is 2.09. The molecule has 2 aromatic rings. The maximum atomic E-state index is 5.96. The second-order valence-corrected chi connectivity index (χ2v) is 5.33. The summed E-state index contributed by atoms with van der Waals surface area (Å²) < 4.78 is 5.21. The fourth-order valence-electron chi connectivity index (χ4n) is 1.60. The number of hydrogen-bond donors (Lipinski definition) is 1. The van der Waals surface area contributed by atoms with Crippen LogP contribution in [-0.4, -0.2) is 16.7 Å². The molecule has 6 heteroatoms. The highest BCUT2D eigenvalue weighted by molar-refractivity contribution is 6.42. The Morgan fingerprint density at radius 2 is 2.11 bits per heavy atom. The topological polar surface area (TPSA) is 64.9 Å². The molecule has 4 nitrogen and oxygen atoms in total. The van der Waals surface area contributed by atoms with Gasteiger partial charge < -0.3 is 10.3 Å². The van der Waals surface area contributed by atoms with Gasteiger partial charge in [0, 0.05) is 12.0 Å². The lowest BCUT2D eigenvalue weighted by Gasteiger charge is -2.03. The van der Waals surface area contributed by atoms with Gasteiger partial charge in [0.05, 0.1) is 10.0 Å². The number of aromatic nitrogens is 2. The molecule has 1 aromatic carbocycles. The third kappa shape index (κ3) is 3.69. The number of aryl methyl sites for hydroxylation is 1. The molecule has 0 saturated carbocycles. The highest BCUT2D eigenvalue weighted by Crippen LogP contribution is 2.27. The molecule has 0 aliphatic heterocycles. The summed E-state index contributed by atoms with van der Waals surface area (Å²) >= 11 is 11.8. The van der Waals surface area contributed by atoms with Crippen LogP contribution in [0.1, 0.15) is 19.2 Å². The summed E-state index contributed by atoms with van der Waals surface area (Å²) in [5.41, 5.74) is 6.36. The summed E-state index contributed by atoms with van der Waals surface area (Å²) in [6.45, 7) is 2.75. The fraction of sp³-hybridized carbons (Fsp3) is 0.385. The van der Waals surface area contributed by atoms with Crippen LogP contribution in [0.3, 0.4) is 0 Å². The Bertz CT molecular complexity index is 557. The molecule has 0 spiro atoms. The van der Waals surface area contributed by atoms with E-state index in [4.69, 9.17) is 33.5 Å². The maximum Gasteiger partial charge on any atom is 0.226 e. The third-order valence-corrected chi connectivity index (χ3v) is 3.64. The smallest absolute Gasteiger partial charge is 0.226 e. The SMILES string of the molecule is CC(CN)CCc1nc(-c2ccc(Cl)c(Cl)c2)no1. The first-order chi connectivity index (χ1) is 9.10. The number of hydrogen-bond acceptors (Lipinski definition) is 4. The molecule has 0 amide bonds. The van der Waals surface area contributed by atoms with Gasteiger partial charge in [-0.15, -0.1) is 0 Å². The average Bonchev–Trinajstić information content (AvgIpc) is 2.88. The van der Waals surface area contributed by atoms with Crippen molar-refractivity contribution in [1.29, 1.82) is 0 Å². The van der Waals surface area contributed by atoms with Gasteiger partial charge in [-0.1, -0.05) is 35.3 Å². The van der Waals surface area contributed by atoms with Crippen LogP contribution in [-0.2, 0) is 6.42 Å². The lowest BCUT2D eigenvalue weighted by atomic mass is 10.1. The minimum Gasteiger partial charge on any atom is -0.339 e. The number of halogens is 2. The van der Waals surface area contributed by atoms with E-state index in [9.17, 15) is 0 Å². The van der Waals surface area contributed by atoms with Crippen LogP contribution in [0.5, 0.6) is 0 Å².